The lowest BCUT2D eigenvalue weighted by Crippen LogP contribution is -2.62. The lowest BCUT2D eigenvalue weighted by atomic mass is 9.33. The summed E-state index contributed by atoms with van der Waals surface area (Å²) in [7, 11) is 0. The number of aryl methyl sites for hydroxylation is 6. The number of benzene rings is 5. The highest BCUT2D eigenvalue weighted by Gasteiger charge is 2.45. The Bertz CT molecular complexity index is 2040. The Morgan fingerprint density at radius 1 is 0.392 bits per heavy atom. The molecule has 3 heteroatoms. The molecule has 0 aromatic heterocycles. The van der Waals surface area contributed by atoms with Crippen LogP contribution in [0.1, 0.15) is 112 Å². The molecule has 0 unspecified atom stereocenters. The number of hydrogen-bond acceptors (Lipinski definition) is 2. The van der Waals surface area contributed by atoms with Crippen LogP contribution in [-0.2, 0) is 16.2 Å². The van der Waals surface area contributed by atoms with E-state index in [-0.39, 0.29) is 23.0 Å². The van der Waals surface area contributed by atoms with Crippen LogP contribution in [0.25, 0.3) is 0 Å². The second-order valence-corrected chi connectivity index (χ2v) is 18.8. The molecule has 5 aromatic carbocycles. The van der Waals surface area contributed by atoms with E-state index in [1.807, 2.05) is 0 Å². The average Bonchev–Trinajstić information content (AvgIpc) is 3.00. The predicted octanol–water partition coefficient (Wildman–Crippen LogP) is 11.5. The van der Waals surface area contributed by atoms with Gasteiger partial charge < -0.3 is 9.80 Å². The summed E-state index contributed by atoms with van der Waals surface area (Å²) in [6.45, 7) is 34.8. The van der Waals surface area contributed by atoms with Crippen molar-refractivity contribution < 1.29 is 0 Å². The summed E-state index contributed by atoms with van der Waals surface area (Å²) in [5.74, 6) is 0. The molecule has 5 aromatic rings. The summed E-state index contributed by atoms with van der Waals surface area (Å²) >= 11 is 0. The molecule has 0 fully saturated rings. The molecule has 0 saturated carbocycles. The normalized spacial score (nSPS) is 14.1. The van der Waals surface area contributed by atoms with Crippen molar-refractivity contribution >= 4 is 57.2 Å². The Morgan fingerprint density at radius 3 is 1.04 bits per heavy atom. The van der Waals surface area contributed by atoms with E-state index in [9.17, 15) is 0 Å². The monoisotopic (exact) mass is 672 g/mol. The molecule has 0 radical (unpaired) electrons. The van der Waals surface area contributed by atoms with Gasteiger partial charge in [0.1, 0.15) is 0 Å². The van der Waals surface area contributed by atoms with E-state index in [4.69, 9.17) is 0 Å². The molecular formula is C48H57BN2. The zero-order valence-electron chi connectivity index (χ0n) is 33.9. The molecule has 2 aliphatic rings. The summed E-state index contributed by atoms with van der Waals surface area (Å²) < 4.78 is 0. The van der Waals surface area contributed by atoms with Gasteiger partial charge in [-0.25, -0.2) is 0 Å². The Morgan fingerprint density at radius 2 is 0.725 bits per heavy atom. The fourth-order valence-electron chi connectivity index (χ4n) is 8.90. The summed E-state index contributed by atoms with van der Waals surface area (Å²) in [5, 5.41) is 0. The molecule has 0 saturated heterocycles. The maximum Gasteiger partial charge on any atom is 0.252 e. The third-order valence-corrected chi connectivity index (χ3v) is 11.4. The molecule has 0 N–H and O–H groups in total. The van der Waals surface area contributed by atoms with Crippen molar-refractivity contribution in [2.45, 2.75) is 120 Å². The molecule has 0 atom stereocenters. The van der Waals surface area contributed by atoms with Gasteiger partial charge in [-0.05, 0) is 137 Å². The number of hydrogen-bond donors (Lipinski definition) is 0. The first kappa shape index (κ1) is 35.2. The summed E-state index contributed by atoms with van der Waals surface area (Å²) in [6.07, 6.45) is 0. The van der Waals surface area contributed by atoms with Crippen molar-refractivity contribution in [3.05, 3.63) is 123 Å². The summed E-state index contributed by atoms with van der Waals surface area (Å²) in [6, 6.07) is 29.2. The van der Waals surface area contributed by atoms with Gasteiger partial charge in [0.2, 0.25) is 0 Å². The van der Waals surface area contributed by atoms with Crippen LogP contribution in [0, 0.1) is 41.5 Å². The molecule has 262 valence electrons. The average molecular weight is 673 g/mol. The van der Waals surface area contributed by atoms with Crippen LogP contribution in [0.3, 0.4) is 0 Å². The van der Waals surface area contributed by atoms with Crippen molar-refractivity contribution in [2.75, 3.05) is 9.80 Å². The van der Waals surface area contributed by atoms with Crippen molar-refractivity contribution in [3.8, 4) is 0 Å². The van der Waals surface area contributed by atoms with E-state index in [1.54, 1.807) is 0 Å². The van der Waals surface area contributed by atoms with Crippen LogP contribution in [0.2, 0.25) is 0 Å². The van der Waals surface area contributed by atoms with Gasteiger partial charge in [-0.2, -0.15) is 0 Å². The molecule has 0 bridgehead atoms. The Hall–Kier alpha value is -4.24. The van der Waals surface area contributed by atoms with E-state index in [0.29, 0.717) is 0 Å². The van der Waals surface area contributed by atoms with E-state index >= 15 is 0 Å². The smallest absolute Gasteiger partial charge is 0.252 e. The minimum Gasteiger partial charge on any atom is -0.311 e. The molecule has 0 spiro atoms. The fourth-order valence-corrected chi connectivity index (χ4v) is 8.90. The SMILES string of the molecule is Cc1cc(C)c(N2c3ccc(C(C)(C)C)cc3B3c4cc(C(C)(C)C)ccc4N(c4c(C)cc(C)cc4C)c4cc(C(C)(C)C)cc2c43)c(C)c1. The van der Waals surface area contributed by atoms with Crippen LogP contribution >= 0.6 is 0 Å². The maximum atomic E-state index is 2.63. The Kier molecular flexibility index (Phi) is 8.03. The largest absolute Gasteiger partial charge is 0.311 e. The lowest BCUT2D eigenvalue weighted by molar-refractivity contribution is 0.590. The number of fused-ring (bicyclic) bond motifs is 4. The van der Waals surface area contributed by atoms with Crippen molar-refractivity contribution in [3.63, 3.8) is 0 Å². The van der Waals surface area contributed by atoms with Gasteiger partial charge in [-0.1, -0.05) is 122 Å². The second kappa shape index (κ2) is 11.6. The van der Waals surface area contributed by atoms with Gasteiger partial charge in [0.15, 0.2) is 0 Å². The van der Waals surface area contributed by atoms with Crippen molar-refractivity contribution in [1.29, 1.82) is 0 Å². The van der Waals surface area contributed by atoms with Crippen molar-refractivity contribution in [2.24, 2.45) is 0 Å². The van der Waals surface area contributed by atoms with Gasteiger partial charge in [-0.15, -0.1) is 0 Å². The van der Waals surface area contributed by atoms with Crippen LogP contribution < -0.4 is 26.2 Å². The predicted molar refractivity (Wildman–Crippen MR) is 225 cm³/mol. The zero-order valence-corrected chi connectivity index (χ0v) is 33.9. The fraction of sp³-hybridized carbons (Fsp3) is 0.375. The molecule has 7 rings (SSSR count). The first-order chi connectivity index (χ1) is 23.7. The second-order valence-electron chi connectivity index (χ2n) is 18.8. The maximum absolute atomic E-state index is 2.63. The minimum atomic E-state index is -0.0557. The highest BCUT2D eigenvalue weighted by Crippen LogP contribution is 2.49. The molecule has 0 aliphatic carbocycles. The molecule has 2 nitrogen and oxygen atoms in total. The van der Waals surface area contributed by atoms with E-state index < -0.39 is 0 Å². The van der Waals surface area contributed by atoms with E-state index in [2.05, 4.69) is 186 Å². The standard InChI is InChI=1S/C48H57BN2/c1-28-20-30(3)44(31(4)21-28)50-39-18-16-34(46(7,8)9)24-37(39)49-38-25-35(47(10,11)12)17-19-40(38)51(45-32(5)22-29(2)23-33(45)6)42-27-36(48(13,14)15)26-41(50)43(42)49/h16-27H,1-15H3. The van der Waals surface area contributed by atoms with Crippen LogP contribution in [-0.4, -0.2) is 6.71 Å². The van der Waals surface area contributed by atoms with Gasteiger partial charge in [-0.3, -0.25) is 0 Å². The number of rotatable bonds is 2. The number of anilines is 6. The lowest BCUT2D eigenvalue weighted by Gasteiger charge is -2.46. The summed E-state index contributed by atoms with van der Waals surface area (Å²) in [4.78, 5) is 5.25. The molecular weight excluding hydrogens is 615 g/mol. The third-order valence-electron chi connectivity index (χ3n) is 11.4. The van der Waals surface area contributed by atoms with Crippen LogP contribution in [0.15, 0.2) is 72.8 Å². The third kappa shape index (κ3) is 5.72. The van der Waals surface area contributed by atoms with Gasteiger partial charge in [0, 0.05) is 22.7 Å². The quantitative estimate of drug-likeness (QED) is 0.169. The first-order valence-electron chi connectivity index (χ1n) is 18.9. The Balaban J connectivity index is 1.71. The minimum absolute atomic E-state index is 0.0155. The molecule has 0 amide bonds. The van der Waals surface area contributed by atoms with Gasteiger partial charge >= 0.3 is 0 Å². The molecule has 2 aliphatic heterocycles. The van der Waals surface area contributed by atoms with Crippen LogP contribution in [0.5, 0.6) is 0 Å². The first-order valence-corrected chi connectivity index (χ1v) is 18.9. The highest BCUT2D eigenvalue weighted by molar-refractivity contribution is 7.00. The van der Waals surface area contributed by atoms with Gasteiger partial charge in [0.05, 0.1) is 11.4 Å². The highest BCUT2D eigenvalue weighted by atomic mass is 15.2. The van der Waals surface area contributed by atoms with E-state index in [1.165, 1.54) is 101 Å². The molecule has 2 heterocycles. The number of nitrogens with zero attached hydrogens (tertiary/aromatic N) is 2. The van der Waals surface area contributed by atoms with Crippen LogP contribution in [0.4, 0.5) is 34.1 Å². The van der Waals surface area contributed by atoms with Gasteiger partial charge in [0.25, 0.3) is 6.71 Å². The zero-order chi connectivity index (χ0) is 37.1. The molecule has 51 heavy (non-hydrogen) atoms. The van der Waals surface area contributed by atoms with E-state index in [0.717, 1.165) is 0 Å². The topological polar surface area (TPSA) is 6.48 Å². The Labute approximate surface area is 309 Å². The summed E-state index contributed by atoms with van der Waals surface area (Å²) in [5.41, 5.74) is 23.8. The van der Waals surface area contributed by atoms with Crippen molar-refractivity contribution in [1.82, 2.24) is 0 Å².